The Kier molecular flexibility index (Phi) is 4.61. The first-order valence-electron chi connectivity index (χ1n) is 8.92. The highest BCUT2D eigenvalue weighted by molar-refractivity contribution is 7.15. The Bertz CT molecular complexity index is 840. The van der Waals surface area contributed by atoms with Crippen LogP contribution in [-0.2, 0) is 24.2 Å². The molecule has 1 amide bonds. The summed E-state index contributed by atoms with van der Waals surface area (Å²) in [5.41, 5.74) is 1.77. The number of hydrogen-bond acceptors (Lipinski definition) is 6. The maximum Gasteiger partial charge on any atom is 0.267 e. The van der Waals surface area contributed by atoms with E-state index in [1.807, 2.05) is 0 Å². The smallest absolute Gasteiger partial charge is 0.267 e. The summed E-state index contributed by atoms with van der Waals surface area (Å²) in [6, 6.07) is 1.64. The van der Waals surface area contributed by atoms with E-state index in [0.717, 1.165) is 61.2 Å². The van der Waals surface area contributed by atoms with E-state index in [9.17, 15) is 9.59 Å². The molecule has 0 aromatic carbocycles. The fourth-order valence-electron chi connectivity index (χ4n) is 3.29. The monoisotopic (exact) mass is 359 g/mol. The second-order valence-corrected chi connectivity index (χ2v) is 7.80. The summed E-state index contributed by atoms with van der Waals surface area (Å²) in [6.07, 6.45) is 8.65. The Morgan fingerprint density at radius 3 is 2.84 bits per heavy atom. The van der Waals surface area contributed by atoms with Crippen LogP contribution in [0.4, 0.5) is 5.13 Å². The van der Waals surface area contributed by atoms with Crippen molar-refractivity contribution < 1.29 is 4.79 Å². The Balaban J connectivity index is 1.44. The van der Waals surface area contributed by atoms with Crippen LogP contribution in [-0.4, -0.2) is 25.9 Å². The molecule has 2 aromatic heterocycles. The fourth-order valence-corrected chi connectivity index (χ4v) is 4.22. The molecule has 0 bridgehead atoms. The van der Waals surface area contributed by atoms with Gasteiger partial charge in [0.1, 0.15) is 11.6 Å². The molecule has 132 valence electrons. The number of aryl methyl sites for hydroxylation is 2. The maximum absolute atomic E-state index is 12.3. The molecule has 25 heavy (non-hydrogen) atoms. The largest absolute Gasteiger partial charge is 0.299 e. The quantitative estimate of drug-likeness (QED) is 0.846. The van der Waals surface area contributed by atoms with E-state index in [1.165, 1.54) is 22.4 Å². The van der Waals surface area contributed by atoms with Gasteiger partial charge in [-0.1, -0.05) is 24.2 Å². The molecule has 2 aliphatic carbocycles. The molecule has 2 aliphatic rings. The highest BCUT2D eigenvalue weighted by atomic mass is 32.1. The molecular weight excluding hydrogens is 338 g/mol. The average Bonchev–Trinajstić information content (AvgIpc) is 2.84. The third kappa shape index (κ3) is 3.63. The molecule has 2 heterocycles. The van der Waals surface area contributed by atoms with Crippen LogP contribution in [0, 0.1) is 0 Å². The lowest BCUT2D eigenvalue weighted by Gasteiger charge is -2.21. The molecule has 0 atom stereocenters. The van der Waals surface area contributed by atoms with Gasteiger partial charge in [-0.05, 0) is 44.1 Å². The van der Waals surface area contributed by atoms with Crippen LogP contribution in [0.3, 0.4) is 0 Å². The fraction of sp³-hybridized carbons (Fsp3) is 0.588. The molecule has 0 unspecified atom stereocenters. The molecule has 1 saturated carbocycles. The number of aromatic nitrogens is 4. The minimum atomic E-state index is -0.292. The van der Waals surface area contributed by atoms with Gasteiger partial charge in [-0.2, -0.15) is 5.10 Å². The number of carbonyl (C=O) groups excluding carboxylic acids is 1. The molecule has 0 spiro atoms. The SMILES string of the molecule is O=C(Cn1nc2c(cc1=O)CCCCC2)Nc1nnc(C2CCC2)s1. The Morgan fingerprint density at radius 2 is 2.04 bits per heavy atom. The Labute approximate surface area is 149 Å². The van der Waals surface area contributed by atoms with Crippen molar-refractivity contribution >= 4 is 22.4 Å². The molecule has 4 rings (SSSR count). The number of anilines is 1. The van der Waals surface area contributed by atoms with E-state index in [0.29, 0.717) is 11.0 Å². The van der Waals surface area contributed by atoms with Crippen molar-refractivity contribution in [2.75, 3.05) is 5.32 Å². The Hall–Kier alpha value is -2.09. The van der Waals surface area contributed by atoms with Gasteiger partial charge in [0.2, 0.25) is 11.0 Å². The summed E-state index contributed by atoms with van der Waals surface area (Å²) in [4.78, 5) is 24.5. The van der Waals surface area contributed by atoms with Crippen molar-refractivity contribution in [3.63, 3.8) is 0 Å². The second kappa shape index (κ2) is 7.03. The van der Waals surface area contributed by atoms with Crippen molar-refractivity contribution in [1.82, 2.24) is 20.0 Å². The third-order valence-electron chi connectivity index (χ3n) is 4.96. The number of rotatable bonds is 4. The summed E-state index contributed by atoms with van der Waals surface area (Å²) in [7, 11) is 0. The number of hydrogen-bond donors (Lipinski definition) is 1. The van der Waals surface area contributed by atoms with Gasteiger partial charge in [0.15, 0.2) is 0 Å². The molecular formula is C17H21N5O2S. The first-order valence-corrected chi connectivity index (χ1v) is 9.74. The number of amides is 1. The van der Waals surface area contributed by atoms with E-state index < -0.39 is 0 Å². The molecule has 0 aliphatic heterocycles. The van der Waals surface area contributed by atoms with E-state index >= 15 is 0 Å². The van der Waals surface area contributed by atoms with Gasteiger partial charge in [-0.15, -0.1) is 10.2 Å². The second-order valence-electron chi connectivity index (χ2n) is 6.79. The highest BCUT2D eigenvalue weighted by Crippen LogP contribution is 2.38. The van der Waals surface area contributed by atoms with Crippen LogP contribution in [0.5, 0.6) is 0 Å². The zero-order chi connectivity index (χ0) is 17.2. The number of fused-ring (bicyclic) bond motifs is 1. The maximum atomic E-state index is 12.3. The van der Waals surface area contributed by atoms with Crippen LogP contribution in [0.15, 0.2) is 10.9 Å². The average molecular weight is 359 g/mol. The van der Waals surface area contributed by atoms with E-state index in [4.69, 9.17) is 0 Å². The van der Waals surface area contributed by atoms with Crippen molar-refractivity contribution in [2.45, 2.75) is 63.8 Å². The van der Waals surface area contributed by atoms with Gasteiger partial charge in [0.05, 0.1) is 5.69 Å². The normalized spacial score (nSPS) is 17.4. The lowest BCUT2D eigenvalue weighted by molar-refractivity contribution is -0.117. The molecule has 1 N–H and O–H groups in total. The summed E-state index contributed by atoms with van der Waals surface area (Å²) >= 11 is 1.42. The van der Waals surface area contributed by atoms with Gasteiger partial charge < -0.3 is 0 Å². The summed E-state index contributed by atoms with van der Waals surface area (Å²) in [6.45, 7) is -0.0928. The van der Waals surface area contributed by atoms with Gasteiger partial charge in [-0.25, -0.2) is 4.68 Å². The lowest BCUT2D eigenvalue weighted by atomic mass is 9.86. The van der Waals surface area contributed by atoms with Crippen LogP contribution >= 0.6 is 11.3 Å². The minimum absolute atomic E-state index is 0.0928. The first kappa shape index (κ1) is 16.4. The summed E-state index contributed by atoms with van der Waals surface area (Å²) < 4.78 is 1.26. The van der Waals surface area contributed by atoms with Crippen molar-refractivity contribution in [3.8, 4) is 0 Å². The predicted octanol–water partition coefficient (Wildman–Crippen LogP) is 2.27. The first-order chi connectivity index (χ1) is 12.2. The summed E-state index contributed by atoms with van der Waals surface area (Å²) in [5, 5.41) is 16.8. The topological polar surface area (TPSA) is 89.8 Å². The number of nitrogens with zero attached hydrogens (tertiary/aromatic N) is 4. The Morgan fingerprint density at radius 1 is 1.20 bits per heavy atom. The van der Waals surface area contributed by atoms with Crippen molar-refractivity contribution in [2.24, 2.45) is 0 Å². The van der Waals surface area contributed by atoms with Gasteiger partial charge in [-0.3, -0.25) is 14.9 Å². The van der Waals surface area contributed by atoms with E-state index in [2.05, 4.69) is 20.6 Å². The zero-order valence-electron chi connectivity index (χ0n) is 14.0. The molecule has 8 heteroatoms. The number of carbonyl (C=O) groups is 1. The standard InChI is InChI=1S/C17H21N5O2S/c23-14(18-17-20-19-16(25-17)11-6-4-7-11)10-22-15(24)9-12-5-2-1-3-8-13(12)21-22/h9,11H,1-8,10H2,(H,18,20,23). The van der Waals surface area contributed by atoms with Crippen molar-refractivity contribution in [1.29, 1.82) is 0 Å². The van der Waals surface area contributed by atoms with Gasteiger partial charge >= 0.3 is 0 Å². The predicted molar refractivity (Wildman–Crippen MR) is 94.9 cm³/mol. The minimum Gasteiger partial charge on any atom is -0.299 e. The van der Waals surface area contributed by atoms with Gasteiger partial charge in [0, 0.05) is 12.0 Å². The van der Waals surface area contributed by atoms with Crippen LogP contribution < -0.4 is 10.9 Å². The lowest BCUT2D eigenvalue weighted by Crippen LogP contribution is -2.30. The summed E-state index contributed by atoms with van der Waals surface area (Å²) in [5.74, 6) is 0.205. The molecule has 1 fully saturated rings. The van der Waals surface area contributed by atoms with Crippen LogP contribution in [0.1, 0.15) is 60.7 Å². The zero-order valence-corrected chi connectivity index (χ0v) is 14.8. The van der Waals surface area contributed by atoms with E-state index in [-0.39, 0.29) is 18.0 Å². The van der Waals surface area contributed by atoms with Crippen LogP contribution in [0.2, 0.25) is 0 Å². The number of nitrogens with one attached hydrogen (secondary N) is 1. The molecule has 7 nitrogen and oxygen atoms in total. The molecule has 0 radical (unpaired) electrons. The van der Waals surface area contributed by atoms with Crippen molar-refractivity contribution in [3.05, 3.63) is 32.7 Å². The molecule has 0 saturated heterocycles. The highest BCUT2D eigenvalue weighted by Gasteiger charge is 2.24. The third-order valence-corrected chi connectivity index (χ3v) is 5.96. The van der Waals surface area contributed by atoms with Crippen LogP contribution in [0.25, 0.3) is 0 Å². The molecule has 2 aromatic rings. The van der Waals surface area contributed by atoms with Gasteiger partial charge in [0.25, 0.3) is 5.56 Å². The van der Waals surface area contributed by atoms with E-state index in [1.54, 1.807) is 6.07 Å².